The number of aryl methyl sites for hydroxylation is 1. The van der Waals surface area contributed by atoms with Gasteiger partial charge in [0.05, 0.1) is 13.2 Å². The monoisotopic (exact) mass is 291 g/mol. The van der Waals surface area contributed by atoms with Crippen LogP contribution in [0.1, 0.15) is 44.6 Å². The van der Waals surface area contributed by atoms with Crippen molar-refractivity contribution in [2.45, 2.75) is 51.5 Å². The molecule has 0 aliphatic heterocycles. The van der Waals surface area contributed by atoms with Crippen molar-refractivity contribution < 1.29 is 9.84 Å². The number of benzene rings is 1. The van der Waals surface area contributed by atoms with Crippen LogP contribution in [0.2, 0.25) is 0 Å². The molecule has 0 heterocycles. The molecule has 1 aliphatic carbocycles. The van der Waals surface area contributed by atoms with E-state index in [4.69, 9.17) is 4.74 Å². The van der Waals surface area contributed by atoms with Crippen molar-refractivity contribution in [1.29, 1.82) is 0 Å². The average molecular weight is 291 g/mol. The third-order valence-electron chi connectivity index (χ3n) is 4.78. The molecule has 0 radical (unpaired) electrons. The maximum atomic E-state index is 9.87. The number of para-hydroxylation sites is 1. The van der Waals surface area contributed by atoms with Crippen molar-refractivity contribution in [1.82, 2.24) is 5.32 Å². The largest absolute Gasteiger partial charge is 0.493 e. The predicted octanol–water partition coefficient (Wildman–Crippen LogP) is 3.29. The lowest BCUT2D eigenvalue weighted by Crippen LogP contribution is -2.52. The van der Waals surface area contributed by atoms with Crippen molar-refractivity contribution in [3.63, 3.8) is 0 Å². The van der Waals surface area contributed by atoms with Crippen LogP contribution in [0.25, 0.3) is 0 Å². The Kier molecular flexibility index (Phi) is 6.07. The molecule has 1 aromatic carbocycles. The van der Waals surface area contributed by atoms with Gasteiger partial charge in [-0.05, 0) is 56.7 Å². The minimum Gasteiger partial charge on any atom is -0.493 e. The first kappa shape index (κ1) is 16.3. The number of ether oxygens (including phenoxy) is 1. The zero-order valence-corrected chi connectivity index (χ0v) is 13.4. The normalized spacial score (nSPS) is 25.2. The molecule has 0 spiro atoms. The highest BCUT2D eigenvalue weighted by atomic mass is 16.5. The summed E-state index contributed by atoms with van der Waals surface area (Å²) in [5.41, 5.74) is 1.10. The number of hydrogen-bond donors (Lipinski definition) is 2. The maximum absolute atomic E-state index is 9.87. The highest BCUT2D eigenvalue weighted by Crippen LogP contribution is 2.37. The second kappa shape index (κ2) is 7.81. The van der Waals surface area contributed by atoms with E-state index in [1.54, 1.807) is 0 Å². The summed E-state index contributed by atoms with van der Waals surface area (Å²) in [5.74, 6) is 1.49. The van der Waals surface area contributed by atoms with E-state index >= 15 is 0 Å². The molecule has 2 unspecified atom stereocenters. The highest BCUT2D eigenvalue weighted by molar-refractivity contribution is 5.31. The molecule has 2 N–H and O–H groups in total. The van der Waals surface area contributed by atoms with Crippen LogP contribution < -0.4 is 10.1 Å². The first-order valence-electron chi connectivity index (χ1n) is 8.26. The Bertz CT molecular complexity index is 435. The van der Waals surface area contributed by atoms with E-state index in [-0.39, 0.29) is 12.1 Å². The van der Waals surface area contributed by atoms with Gasteiger partial charge in [0.25, 0.3) is 0 Å². The zero-order chi connectivity index (χ0) is 15.1. The third-order valence-corrected chi connectivity index (χ3v) is 4.78. The van der Waals surface area contributed by atoms with Gasteiger partial charge in [-0.25, -0.2) is 0 Å². The molecule has 2 atom stereocenters. The highest BCUT2D eigenvalue weighted by Gasteiger charge is 2.41. The minimum absolute atomic E-state index is 0.0783. The third kappa shape index (κ3) is 3.98. The van der Waals surface area contributed by atoms with Crippen LogP contribution in [0.3, 0.4) is 0 Å². The number of aliphatic hydroxyl groups is 1. The molecule has 1 aliphatic rings. The van der Waals surface area contributed by atoms with Crippen molar-refractivity contribution >= 4 is 0 Å². The summed E-state index contributed by atoms with van der Waals surface area (Å²) in [6.07, 6.45) is 5.58. The Morgan fingerprint density at radius 2 is 2.19 bits per heavy atom. The fourth-order valence-electron chi connectivity index (χ4n) is 3.47. The van der Waals surface area contributed by atoms with Crippen molar-refractivity contribution in [2.75, 3.05) is 19.8 Å². The molecule has 21 heavy (non-hydrogen) atoms. The van der Waals surface area contributed by atoms with Crippen LogP contribution in [-0.2, 0) is 0 Å². The molecule has 1 fully saturated rings. The van der Waals surface area contributed by atoms with Gasteiger partial charge < -0.3 is 15.2 Å². The molecule has 0 aromatic heterocycles. The molecule has 1 saturated carbocycles. The summed E-state index contributed by atoms with van der Waals surface area (Å²) in [7, 11) is 0. The summed E-state index contributed by atoms with van der Waals surface area (Å²) in [5, 5.41) is 13.5. The van der Waals surface area contributed by atoms with Crippen LogP contribution in [0.15, 0.2) is 24.3 Å². The van der Waals surface area contributed by atoms with Crippen molar-refractivity contribution in [3.8, 4) is 5.75 Å². The van der Waals surface area contributed by atoms with E-state index < -0.39 is 0 Å². The molecule has 3 nitrogen and oxygen atoms in total. The molecule has 0 bridgehead atoms. The zero-order valence-electron chi connectivity index (χ0n) is 13.4. The molecular weight excluding hydrogens is 262 g/mol. The Morgan fingerprint density at radius 1 is 1.38 bits per heavy atom. The summed E-state index contributed by atoms with van der Waals surface area (Å²) >= 11 is 0. The molecule has 1 aromatic rings. The van der Waals surface area contributed by atoms with E-state index in [1.165, 1.54) is 18.4 Å². The van der Waals surface area contributed by atoms with E-state index in [9.17, 15) is 5.11 Å². The summed E-state index contributed by atoms with van der Waals surface area (Å²) in [6, 6.07) is 8.15. The lowest BCUT2D eigenvalue weighted by Gasteiger charge is -2.35. The van der Waals surface area contributed by atoms with E-state index in [1.807, 2.05) is 18.2 Å². The number of rotatable bonds is 8. The molecule has 0 saturated heterocycles. The van der Waals surface area contributed by atoms with Gasteiger partial charge in [0.15, 0.2) is 0 Å². The van der Waals surface area contributed by atoms with Crippen molar-refractivity contribution in [3.05, 3.63) is 29.8 Å². The average Bonchev–Trinajstić information content (AvgIpc) is 2.90. The lowest BCUT2D eigenvalue weighted by atomic mass is 9.85. The Labute approximate surface area is 128 Å². The topological polar surface area (TPSA) is 41.5 Å². The minimum atomic E-state index is -0.0783. The van der Waals surface area contributed by atoms with Crippen LogP contribution in [0, 0.1) is 12.8 Å². The van der Waals surface area contributed by atoms with Gasteiger partial charge in [-0.1, -0.05) is 31.5 Å². The molecule has 3 heteroatoms. The molecule has 118 valence electrons. The quantitative estimate of drug-likeness (QED) is 0.772. The van der Waals surface area contributed by atoms with Crippen LogP contribution in [0.5, 0.6) is 5.75 Å². The fraction of sp³-hybridized carbons (Fsp3) is 0.667. The lowest BCUT2D eigenvalue weighted by molar-refractivity contribution is 0.110. The second-order valence-corrected chi connectivity index (χ2v) is 6.23. The maximum Gasteiger partial charge on any atom is 0.122 e. The van der Waals surface area contributed by atoms with E-state index in [0.29, 0.717) is 5.92 Å². The Balaban J connectivity index is 1.88. The van der Waals surface area contributed by atoms with Gasteiger partial charge in [-0.15, -0.1) is 0 Å². The first-order valence-corrected chi connectivity index (χ1v) is 8.26. The number of hydrogen-bond acceptors (Lipinski definition) is 3. The van der Waals surface area contributed by atoms with Gasteiger partial charge in [-0.2, -0.15) is 0 Å². The number of nitrogens with one attached hydrogen (secondary N) is 1. The Morgan fingerprint density at radius 3 is 2.90 bits per heavy atom. The molecular formula is C18H29NO2. The van der Waals surface area contributed by atoms with Crippen LogP contribution in [0.4, 0.5) is 0 Å². The van der Waals surface area contributed by atoms with Crippen molar-refractivity contribution in [2.24, 2.45) is 5.92 Å². The molecule has 2 rings (SSSR count). The van der Waals surface area contributed by atoms with Gasteiger partial charge >= 0.3 is 0 Å². The Hall–Kier alpha value is -1.06. The van der Waals surface area contributed by atoms with E-state index in [2.05, 4.69) is 25.2 Å². The van der Waals surface area contributed by atoms with Gasteiger partial charge in [0, 0.05) is 5.54 Å². The summed E-state index contributed by atoms with van der Waals surface area (Å²) < 4.78 is 5.93. The second-order valence-electron chi connectivity index (χ2n) is 6.23. The number of aliphatic hydroxyl groups excluding tert-OH is 1. The standard InChI is InChI=1S/C18H29NO2/c1-3-12-19-18(14-20)11-6-8-16(18)10-13-21-17-9-5-4-7-15(17)2/h4-5,7,9,16,19-20H,3,6,8,10-14H2,1-2H3. The van der Waals surface area contributed by atoms with Crippen LogP contribution >= 0.6 is 0 Å². The van der Waals surface area contributed by atoms with Gasteiger partial charge in [0.2, 0.25) is 0 Å². The smallest absolute Gasteiger partial charge is 0.122 e. The van der Waals surface area contributed by atoms with E-state index in [0.717, 1.165) is 38.2 Å². The SMILES string of the molecule is CCCNC1(CO)CCCC1CCOc1ccccc1C. The molecule has 0 amide bonds. The van der Waals surface area contributed by atoms with Gasteiger partial charge in [0.1, 0.15) is 5.75 Å². The van der Waals surface area contributed by atoms with Gasteiger partial charge in [-0.3, -0.25) is 0 Å². The first-order chi connectivity index (χ1) is 10.2. The van der Waals surface area contributed by atoms with Crippen LogP contribution in [-0.4, -0.2) is 30.4 Å². The summed E-state index contributed by atoms with van der Waals surface area (Å²) in [4.78, 5) is 0. The summed E-state index contributed by atoms with van der Waals surface area (Å²) in [6.45, 7) is 6.19. The predicted molar refractivity (Wildman–Crippen MR) is 86.7 cm³/mol. The fourth-order valence-corrected chi connectivity index (χ4v) is 3.47.